The van der Waals surface area contributed by atoms with Crippen LogP contribution < -0.4 is 5.73 Å². The van der Waals surface area contributed by atoms with Crippen LogP contribution in [0.5, 0.6) is 5.75 Å². The maximum absolute atomic E-state index is 12.3. The summed E-state index contributed by atoms with van der Waals surface area (Å²) in [5.41, 5.74) is 4.45. The van der Waals surface area contributed by atoms with Gasteiger partial charge in [0.15, 0.2) is 0 Å². The molecule has 0 fully saturated rings. The van der Waals surface area contributed by atoms with Gasteiger partial charge in [-0.3, -0.25) is 0 Å². The van der Waals surface area contributed by atoms with Crippen LogP contribution in [0.3, 0.4) is 0 Å². The van der Waals surface area contributed by atoms with Crippen LogP contribution in [-0.2, 0) is 6.18 Å². The molecule has 0 heterocycles. The van der Waals surface area contributed by atoms with Crippen LogP contribution in [0.4, 0.5) is 13.2 Å². The van der Waals surface area contributed by atoms with E-state index >= 15 is 0 Å². The van der Waals surface area contributed by atoms with Crippen LogP contribution in [0.15, 0.2) is 18.2 Å². The summed E-state index contributed by atoms with van der Waals surface area (Å²) in [7, 11) is 0. The Balaban J connectivity index is 3.28. The van der Waals surface area contributed by atoms with Crippen LogP contribution in [0.25, 0.3) is 0 Å². The van der Waals surface area contributed by atoms with Crippen molar-refractivity contribution in [2.45, 2.75) is 19.1 Å². The largest absolute Gasteiger partial charge is 0.507 e. The lowest BCUT2D eigenvalue weighted by molar-refractivity contribution is -0.138. The molecule has 0 unspecified atom stereocenters. The Morgan fingerprint density at radius 2 is 1.93 bits per heavy atom. The molecular weight excluding hydrogens is 195 g/mol. The van der Waals surface area contributed by atoms with E-state index < -0.39 is 23.5 Å². The molecule has 0 radical (unpaired) electrons. The molecule has 0 bridgehead atoms. The number of hydrogen-bond acceptors (Lipinski definition) is 2. The fraction of sp³-hybridized carbons (Fsp3) is 0.333. The zero-order chi connectivity index (χ0) is 10.9. The van der Waals surface area contributed by atoms with Gasteiger partial charge >= 0.3 is 6.18 Å². The minimum Gasteiger partial charge on any atom is -0.507 e. The van der Waals surface area contributed by atoms with E-state index in [9.17, 15) is 18.3 Å². The minimum absolute atomic E-state index is 0.0971. The van der Waals surface area contributed by atoms with Gasteiger partial charge < -0.3 is 10.8 Å². The van der Waals surface area contributed by atoms with Crippen LogP contribution in [0.1, 0.15) is 24.1 Å². The van der Waals surface area contributed by atoms with Gasteiger partial charge in [0.05, 0.1) is 5.56 Å². The van der Waals surface area contributed by atoms with Crippen molar-refractivity contribution in [2.75, 3.05) is 0 Å². The number of phenols is 1. The zero-order valence-corrected chi connectivity index (χ0v) is 7.47. The van der Waals surface area contributed by atoms with Crippen LogP contribution in [0, 0.1) is 0 Å². The summed E-state index contributed by atoms with van der Waals surface area (Å²) < 4.78 is 36.9. The summed E-state index contributed by atoms with van der Waals surface area (Å²) in [6.07, 6.45) is -4.55. The molecule has 2 nitrogen and oxygen atoms in total. The number of aromatic hydroxyl groups is 1. The summed E-state index contributed by atoms with van der Waals surface area (Å²) >= 11 is 0. The van der Waals surface area contributed by atoms with Crippen molar-refractivity contribution in [3.8, 4) is 5.75 Å². The van der Waals surface area contributed by atoms with Crippen molar-refractivity contribution >= 4 is 0 Å². The Morgan fingerprint density at radius 1 is 1.36 bits per heavy atom. The molecule has 1 atom stereocenters. The molecule has 0 amide bonds. The van der Waals surface area contributed by atoms with Gasteiger partial charge in [-0.25, -0.2) is 0 Å². The molecular formula is C9H10F3NO. The lowest BCUT2D eigenvalue weighted by atomic mass is 10.0. The molecule has 0 saturated carbocycles. The van der Waals surface area contributed by atoms with Gasteiger partial charge in [-0.05, 0) is 13.0 Å². The topological polar surface area (TPSA) is 46.2 Å². The first kappa shape index (κ1) is 10.8. The van der Waals surface area contributed by atoms with Gasteiger partial charge in [0.2, 0.25) is 0 Å². The summed E-state index contributed by atoms with van der Waals surface area (Å²) in [5, 5.41) is 9.29. The molecule has 0 aromatic heterocycles. The lowest BCUT2D eigenvalue weighted by Crippen LogP contribution is -2.10. The maximum Gasteiger partial charge on any atom is 0.419 e. The number of alkyl halides is 3. The number of benzene rings is 1. The number of rotatable bonds is 1. The molecule has 78 valence electrons. The van der Waals surface area contributed by atoms with Crippen LogP contribution >= 0.6 is 0 Å². The maximum atomic E-state index is 12.3. The molecule has 0 aliphatic heterocycles. The van der Waals surface area contributed by atoms with Crippen molar-refractivity contribution in [1.82, 2.24) is 0 Å². The summed E-state index contributed by atoms with van der Waals surface area (Å²) in [5.74, 6) is -0.782. The van der Waals surface area contributed by atoms with Crippen molar-refractivity contribution in [1.29, 1.82) is 0 Å². The Bertz CT molecular complexity index is 333. The van der Waals surface area contributed by atoms with Gasteiger partial charge in [-0.15, -0.1) is 0 Å². The lowest BCUT2D eigenvalue weighted by Gasteiger charge is -2.13. The molecule has 0 spiro atoms. The van der Waals surface area contributed by atoms with E-state index in [1.165, 1.54) is 19.1 Å². The highest BCUT2D eigenvalue weighted by Gasteiger charge is 2.34. The normalized spacial score (nSPS) is 14.1. The number of para-hydroxylation sites is 1. The second-order valence-electron chi connectivity index (χ2n) is 3.03. The molecule has 14 heavy (non-hydrogen) atoms. The highest BCUT2D eigenvalue weighted by atomic mass is 19.4. The second-order valence-corrected chi connectivity index (χ2v) is 3.03. The highest BCUT2D eigenvalue weighted by molar-refractivity contribution is 5.43. The first-order chi connectivity index (χ1) is 6.34. The Labute approximate surface area is 79.2 Å². The molecule has 1 rings (SSSR count). The Kier molecular flexibility index (Phi) is 2.71. The van der Waals surface area contributed by atoms with E-state index in [-0.39, 0.29) is 5.56 Å². The third-order valence-electron chi connectivity index (χ3n) is 1.86. The summed E-state index contributed by atoms with van der Waals surface area (Å²) in [4.78, 5) is 0. The van der Waals surface area contributed by atoms with Crippen LogP contribution in [-0.4, -0.2) is 5.11 Å². The average molecular weight is 205 g/mol. The average Bonchev–Trinajstić information content (AvgIpc) is 2.01. The standard InChI is InChI=1S/C9H10F3NO/c1-5(13)6-3-2-4-7(8(6)14)9(10,11)12/h2-5,14H,13H2,1H3/t5-/m1/s1. The molecule has 3 N–H and O–H groups in total. The predicted octanol–water partition coefficient (Wildman–Crippen LogP) is 2.43. The van der Waals surface area contributed by atoms with Crippen molar-refractivity contribution in [2.24, 2.45) is 5.73 Å². The van der Waals surface area contributed by atoms with Crippen molar-refractivity contribution in [3.05, 3.63) is 29.3 Å². The van der Waals surface area contributed by atoms with E-state index in [1.807, 2.05) is 0 Å². The molecule has 1 aromatic rings. The fourth-order valence-corrected chi connectivity index (χ4v) is 1.16. The van der Waals surface area contributed by atoms with Crippen molar-refractivity contribution in [3.63, 3.8) is 0 Å². The molecule has 0 aliphatic carbocycles. The van der Waals surface area contributed by atoms with Crippen molar-refractivity contribution < 1.29 is 18.3 Å². The highest BCUT2D eigenvalue weighted by Crippen LogP contribution is 2.38. The van der Waals surface area contributed by atoms with E-state index in [0.717, 1.165) is 6.07 Å². The number of hydrogen-bond donors (Lipinski definition) is 2. The number of halogens is 3. The van der Waals surface area contributed by atoms with E-state index in [2.05, 4.69) is 0 Å². The molecule has 0 aliphatic rings. The smallest absolute Gasteiger partial charge is 0.419 e. The molecule has 5 heteroatoms. The minimum atomic E-state index is -4.55. The number of nitrogens with two attached hydrogens (primary N) is 1. The van der Waals surface area contributed by atoms with Crippen LogP contribution in [0.2, 0.25) is 0 Å². The fourth-order valence-electron chi connectivity index (χ4n) is 1.16. The van der Waals surface area contributed by atoms with Gasteiger partial charge in [0.1, 0.15) is 5.75 Å². The third-order valence-corrected chi connectivity index (χ3v) is 1.86. The summed E-state index contributed by atoms with van der Waals surface area (Å²) in [6, 6.07) is 2.79. The molecule has 0 saturated heterocycles. The van der Waals surface area contributed by atoms with Gasteiger partial charge in [-0.2, -0.15) is 13.2 Å². The van der Waals surface area contributed by atoms with Gasteiger partial charge in [0, 0.05) is 11.6 Å². The second kappa shape index (κ2) is 3.49. The Morgan fingerprint density at radius 3 is 2.36 bits per heavy atom. The summed E-state index contributed by atoms with van der Waals surface area (Å²) in [6.45, 7) is 1.51. The van der Waals surface area contributed by atoms with Gasteiger partial charge in [0.25, 0.3) is 0 Å². The first-order valence-electron chi connectivity index (χ1n) is 3.98. The zero-order valence-electron chi connectivity index (χ0n) is 7.47. The first-order valence-corrected chi connectivity index (χ1v) is 3.98. The number of phenolic OH excluding ortho intramolecular Hbond substituents is 1. The quantitative estimate of drug-likeness (QED) is 0.739. The monoisotopic (exact) mass is 205 g/mol. The van der Waals surface area contributed by atoms with E-state index in [1.54, 1.807) is 0 Å². The Hall–Kier alpha value is -1.23. The molecule has 1 aromatic carbocycles. The van der Waals surface area contributed by atoms with E-state index in [4.69, 9.17) is 5.73 Å². The predicted molar refractivity (Wildman–Crippen MR) is 45.7 cm³/mol. The van der Waals surface area contributed by atoms with E-state index in [0.29, 0.717) is 0 Å². The SMILES string of the molecule is C[C@@H](N)c1cccc(C(F)(F)F)c1O. The third kappa shape index (κ3) is 1.98. The van der Waals surface area contributed by atoms with Gasteiger partial charge in [-0.1, -0.05) is 12.1 Å².